The van der Waals surface area contributed by atoms with Crippen LogP contribution in [-0.4, -0.2) is 88.8 Å². The molecule has 2 fully saturated rings. The first-order chi connectivity index (χ1) is 21.4. The topological polar surface area (TPSA) is 116 Å². The first-order valence-electron chi connectivity index (χ1n) is 16.3. The first-order valence-corrected chi connectivity index (χ1v) is 16.3. The number of ether oxygens (including phenoxy) is 2. The fraction of sp³-hybridized carbons (Fsp3) is 0.588. The van der Waals surface area contributed by atoms with Crippen molar-refractivity contribution in [3.05, 3.63) is 46.9 Å². The molecule has 45 heavy (non-hydrogen) atoms. The average Bonchev–Trinajstić information content (AvgIpc) is 3.32. The zero-order valence-corrected chi connectivity index (χ0v) is 27.5. The summed E-state index contributed by atoms with van der Waals surface area (Å²) in [6.07, 6.45) is 9.19. The molecule has 3 heterocycles. The average molecular weight is 621 g/mol. The molecule has 11 heteroatoms. The summed E-state index contributed by atoms with van der Waals surface area (Å²) in [6, 6.07) is 4.31. The lowest BCUT2D eigenvalue weighted by Crippen LogP contribution is -2.54. The van der Waals surface area contributed by atoms with Gasteiger partial charge in [-0.3, -0.25) is 14.5 Å². The lowest BCUT2D eigenvalue weighted by atomic mass is 9.89. The predicted molar refractivity (Wildman–Crippen MR) is 174 cm³/mol. The SMILES string of the molecule is CC/C(C(=O)Nc1cc2c(cc1OC(C)C)C(=O)N(C1CCC(N3CCN(C(=O)OC(C)(C)C)CC3)CC1)C2)=C1\N=CC=CN1. The van der Waals surface area contributed by atoms with Crippen molar-refractivity contribution in [2.75, 3.05) is 31.5 Å². The van der Waals surface area contributed by atoms with Crippen molar-refractivity contribution < 1.29 is 23.9 Å². The second-order valence-electron chi connectivity index (χ2n) is 13.5. The zero-order valence-electron chi connectivity index (χ0n) is 27.5. The Kier molecular flexibility index (Phi) is 9.86. The van der Waals surface area contributed by atoms with E-state index in [1.165, 1.54) is 0 Å². The molecular formula is C34H48N6O5. The van der Waals surface area contributed by atoms with Gasteiger partial charge in [0.05, 0.1) is 17.4 Å². The molecule has 3 aliphatic heterocycles. The highest BCUT2D eigenvalue weighted by molar-refractivity contribution is 6.06. The molecule has 11 nitrogen and oxygen atoms in total. The van der Waals surface area contributed by atoms with E-state index in [0.717, 1.165) is 44.3 Å². The number of anilines is 1. The Morgan fingerprint density at radius 3 is 2.36 bits per heavy atom. The van der Waals surface area contributed by atoms with Crippen LogP contribution in [0.15, 0.2) is 40.8 Å². The van der Waals surface area contributed by atoms with E-state index in [1.54, 1.807) is 29.5 Å². The summed E-state index contributed by atoms with van der Waals surface area (Å²) in [5, 5.41) is 6.08. The Balaban J connectivity index is 1.22. The van der Waals surface area contributed by atoms with E-state index in [4.69, 9.17) is 9.47 Å². The number of benzene rings is 1. The molecule has 1 saturated heterocycles. The second kappa shape index (κ2) is 13.6. The van der Waals surface area contributed by atoms with Gasteiger partial charge in [0.1, 0.15) is 17.2 Å². The summed E-state index contributed by atoms with van der Waals surface area (Å²) in [4.78, 5) is 50.1. The van der Waals surface area contributed by atoms with Crippen LogP contribution in [0.25, 0.3) is 0 Å². The standard InChI is InChI=1S/C34H48N6O5/c1-7-26(30-35-13-8-14-36-30)31(41)37-28-19-23-21-40(32(42)27(23)20-29(28)44-22(2)3)25-11-9-24(10-12-25)38-15-17-39(18-16-38)33(43)45-34(4,5)6/h8,13-14,19-20,22,24-25,35H,7,9-12,15-18,21H2,1-6H3,(H,37,41)/b30-26+. The van der Waals surface area contributed by atoms with Crippen LogP contribution >= 0.6 is 0 Å². The minimum absolute atomic E-state index is 0.0230. The third kappa shape index (κ3) is 7.69. The summed E-state index contributed by atoms with van der Waals surface area (Å²) >= 11 is 0. The van der Waals surface area contributed by atoms with Crippen molar-refractivity contribution in [1.82, 2.24) is 20.0 Å². The van der Waals surface area contributed by atoms with Crippen LogP contribution in [0.5, 0.6) is 5.75 Å². The molecule has 0 spiro atoms. The second-order valence-corrected chi connectivity index (χ2v) is 13.5. The minimum Gasteiger partial charge on any atom is -0.489 e. The highest BCUT2D eigenvalue weighted by Crippen LogP contribution is 2.38. The van der Waals surface area contributed by atoms with E-state index in [0.29, 0.717) is 60.5 Å². The van der Waals surface area contributed by atoms with Gasteiger partial charge in [-0.2, -0.15) is 0 Å². The Labute approximate surface area is 266 Å². The van der Waals surface area contributed by atoms with Crippen LogP contribution in [0.2, 0.25) is 0 Å². The number of carbonyl (C=O) groups excluding carboxylic acids is 3. The number of hydrogen-bond donors (Lipinski definition) is 2. The number of rotatable bonds is 7. The number of fused-ring (bicyclic) bond motifs is 1. The quantitative estimate of drug-likeness (QED) is 0.411. The van der Waals surface area contributed by atoms with E-state index >= 15 is 0 Å². The lowest BCUT2D eigenvalue weighted by Gasteiger charge is -2.43. The van der Waals surface area contributed by atoms with Crippen molar-refractivity contribution in [3.63, 3.8) is 0 Å². The van der Waals surface area contributed by atoms with Gasteiger partial charge in [0.25, 0.3) is 11.8 Å². The van der Waals surface area contributed by atoms with E-state index in [9.17, 15) is 14.4 Å². The van der Waals surface area contributed by atoms with Gasteiger partial charge in [0.15, 0.2) is 0 Å². The fourth-order valence-corrected chi connectivity index (χ4v) is 6.56. The Hall–Kier alpha value is -3.86. The third-order valence-corrected chi connectivity index (χ3v) is 8.76. The normalized spacial score (nSPS) is 23.1. The first kappa shape index (κ1) is 32.5. The molecule has 0 atom stereocenters. The van der Waals surface area contributed by atoms with Crippen molar-refractivity contribution in [2.24, 2.45) is 4.99 Å². The minimum atomic E-state index is -0.492. The van der Waals surface area contributed by atoms with Gasteiger partial charge in [-0.15, -0.1) is 0 Å². The van der Waals surface area contributed by atoms with Crippen LogP contribution in [0, 0.1) is 0 Å². The summed E-state index contributed by atoms with van der Waals surface area (Å²) in [6.45, 7) is 15.0. The van der Waals surface area contributed by atoms with E-state index in [2.05, 4.69) is 20.5 Å². The molecule has 4 aliphatic rings. The van der Waals surface area contributed by atoms with Crippen molar-refractivity contribution in [2.45, 2.75) is 104 Å². The van der Waals surface area contributed by atoms with Crippen LogP contribution in [-0.2, 0) is 16.1 Å². The number of carbonyl (C=O) groups is 3. The van der Waals surface area contributed by atoms with Gasteiger partial charge < -0.3 is 29.9 Å². The zero-order chi connectivity index (χ0) is 32.3. The summed E-state index contributed by atoms with van der Waals surface area (Å²) in [5.74, 6) is 0.774. The number of piperazine rings is 1. The van der Waals surface area contributed by atoms with Crippen molar-refractivity contribution in [1.29, 1.82) is 0 Å². The van der Waals surface area contributed by atoms with E-state index < -0.39 is 5.60 Å². The molecule has 0 unspecified atom stereocenters. The van der Waals surface area contributed by atoms with Crippen LogP contribution in [0.4, 0.5) is 10.5 Å². The molecule has 3 amide bonds. The van der Waals surface area contributed by atoms with Crippen LogP contribution in [0.1, 0.15) is 89.6 Å². The molecule has 0 aromatic heterocycles. The van der Waals surface area contributed by atoms with Crippen molar-refractivity contribution >= 4 is 29.8 Å². The largest absolute Gasteiger partial charge is 0.489 e. The molecule has 1 saturated carbocycles. The molecule has 5 rings (SSSR count). The third-order valence-electron chi connectivity index (χ3n) is 8.76. The predicted octanol–water partition coefficient (Wildman–Crippen LogP) is 5.04. The Morgan fingerprint density at radius 2 is 1.76 bits per heavy atom. The van der Waals surface area contributed by atoms with E-state index in [-0.39, 0.29) is 30.1 Å². The summed E-state index contributed by atoms with van der Waals surface area (Å²) in [7, 11) is 0. The monoisotopic (exact) mass is 620 g/mol. The molecule has 0 bridgehead atoms. The molecular weight excluding hydrogens is 572 g/mol. The highest BCUT2D eigenvalue weighted by Gasteiger charge is 2.38. The van der Waals surface area contributed by atoms with Crippen molar-refractivity contribution in [3.8, 4) is 5.75 Å². The maximum Gasteiger partial charge on any atom is 0.410 e. The Bertz CT molecular complexity index is 1380. The maximum atomic E-state index is 13.7. The van der Waals surface area contributed by atoms with Gasteiger partial charge >= 0.3 is 6.09 Å². The van der Waals surface area contributed by atoms with Gasteiger partial charge in [0, 0.05) is 62.8 Å². The van der Waals surface area contributed by atoms with Gasteiger partial charge in [-0.05, 0) is 90.5 Å². The lowest BCUT2D eigenvalue weighted by molar-refractivity contribution is -0.113. The number of amides is 3. The summed E-state index contributed by atoms with van der Waals surface area (Å²) < 4.78 is 11.6. The van der Waals surface area contributed by atoms with Crippen LogP contribution < -0.4 is 15.4 Å². The Morgan fingerprint density at radius 1 is 1.07 bits per heavy atom. The molecule has 244 valence electrons. The molecule has 0 radical (unpaired) electrons. The molecule has 1 aliphatic carbocycles. The summed E-state index contributed by atoms with van der Waals surface area (Å²) in [5.41, 5.74) is 2.13. The number of aliphatic imine (C=N–C) groups is 1. The maximum absolute atomic E-state index is 13.7. The number of nitrogens with one attached hydrogen (secondary N) is 2. The van der Waals surface area contributed by atoms with Gasteiger partial charge in [-0.25, -0.2) is 9.79 Å². The number of nitrogens with zero attached hydrogens (tertiary/aromatic N) is 4. The van der Waals surface area contributed by atoms with Crippen LogP contribution in [0.3, 0.4) is 0 Å². The fourth-order valence-electron chi connectivity index (χ4n) is 6.56. The number of hydrogen-bond acceptors (Lipinski definition) is 8. The molecule has 1 aromatic carbocycles. The van der Waals surface area contributed by atoms with Gasteiger partial charge in [-0.1, -0.05) is 6.92 Å². The van der Waals surface area contributed by atoms with E-state index in [1.807, 2.05) is 52.5 Å². The smallest absolute Gasteiger partial charge is 0.410 e. The van der Waals surface area contributed by atoms with Gasteiger partial charge in [0.2, 0.25) is 0 Å². The highest BCUT2D eigenvalue weighted by atomic mass is 16.6. The molecule has 1 aromatic rings. The molecule has 2 N–H and O–H groups in total. The number of allylic oxidation sites excluding steroid dienone is 1.